The van der Waals surface area contributed by atoms with E-state index >= 15 is 0 Å². The zero-order valence-electron chi connectivity index (χ0n) is 22.2. The number of benzene rings is 3. The number of carbonyl (C=O) groups excluding carboxylic acids is 2. The van der Waals surface area contributed by atoms with E-state index in [0.29, 0.717) is 58.8 Å². The van der Waals surface area contributed by atoms with Crippen LogP contribution in [0.3, 0.4) is 0 Å². The van der Waals surface area contributed by atoms with Crippen molar-refractivity contribution in [1.82, 2.24) is 15.0 Å². The molecule has 9 nitrogen and oxygen atoms in total. The van der Waals surface area contributed by atoms with Crippen LogP contribution >= 0.6 is 0 Å². The maximum absolute atomic E-state index is 11.9. The second-order valence-corrected chi connectivity index (χ2v) is 9.15. The van der Waals surface area contributed by atoms with E-state index in [2.05, 4.69) is 33.4 Å². The van der Waals surface area contributed by atoms with Crippen LogP contribution in [0.5, 0.6) is 17.2 Å². The molecule has 0 fully saturated rings. The molecule has 0 radical (unpaired) electrons. The zero-order chi connectivity index (χ0) is 28.6. The molecule has 0 saturated heterocycles. The Morgan fingerprint density at radius 2 is 1.25 bits per heavy atom. The first-order valence-corrected chi connectivity index (χ1v) is 12.4. The second kappa shape index (κ2) is 12.5. The van der Waals surface area contributed by atoms with Crippen LogP contribution in [-0.4, -0.2) is 32.0 Å². The highest BCUT2D eigenvalue weighted by atomic mass is 16.5. The number of hydrogen-bond donors (Lipinski definition) is 2. The van der Waals surface area contributed by atoms with Gasteiger partial charge in [-0.25, -0.2) is 14.6 Å². The average molecular weight is 537 g/mol. The molecule has 0 aliphatic heterocycles. The quantitative estimate of drug-likeness (QED) is 0.154. The molecule has 0 amide bonds. The van der Waals surface area contributed by atoms with E-state index in [1.165, 1.54) is 0 Å². The van der Waals surface area contributed by atoms with Crippen molar-refractivity contribution in [3.05, 3.63) is 120 Å². The molecule has 4 rings (SSSR count). The number of phenolic OH excluding ortho intramolecular Hbond substituents is 1. The van der Waals surface area contributed by atoms with Gasteiger partial charge in [-0.2, -0.15) is 9.97 Å². The summed E-state index contributed by atoms with van der Waals surface area (Å²) in [5, 5.41) is 13.0. The van der Waals surface area contributed by atoms with Crippen LogP contribution in [0.1, 0.15) is 36.6 Å². The molecule has 0 atom stereocenters. The van der Waals surface area contributed by atoms with Crippen molar-refractivity contribution in [2.75, 3.05) is 5.32 Å². The highest BCUT2D eigenvalue weighted by Crippen LogP contribution is 2.22. The molecule has 0 aliphatic rings. The molecule has 3 aromatic carbocycles. The first-order valence-electron chi connectivity index (χ1n) is 12.4. The van der Waals surface area contributed by atoms with E-state index in [1.807, 2.05) is 12.1 Å². The minimum atomic E-state index is -0.506. The number of phenols is 1. The molecule has 0 spiro atoms. The number of hydrogen-bond acceptors (Lipinski definition) is 9. The third-order valence-corrected chi connectivity index (χ3v) is 5.47. The number of aromatic hydroxyl groups is 1. The SMILES string of the molecule is C=C(C)C(=O)Oc1cccc(Cc2nc(Cc3cccc(OC(=O)C(=C)C)c3)nc(Nc3cccc(O)c3)n2)c1. The summed E-state index contributed by atoms with van der Waals surface area (Å²) in [5.74, 6) is 1.10. The summed E-state index contributed by atoms with van der Waals surface area (Å²) in [4.78, 5) is 37.7. The van der Waals surface area contributed by atoms with Gasteiger partial charge in [0.15, 0.2) is 0 Å². The van der Waals surface area contributed by atoms with E-state index in [1.54, 1.807) is 74.5 Å². The number of carbonyl (C=O) groups is 2. The zero-order valence-corrected chi connectivity index (χ0v) is 22.2. The van der Waals surface area contributed by atoms with Gasteiger partial charge in [-0.3, -0.25) is 0 Å². The third-order valence-electron chi connectivity index (χ3n) is 5.47. The van der Waals surface area contributed by atoms with Crippen molar-refractivity contribution in [3.8, 4) is 17.2 Å². The monoisotopic (exact) mass is 536 g/mol. The Bertz CT molecular complexity index is 1510. The van der Waals surface area contributed by atoms with Crippen LogP contribution < -0.4 is 14.8 Å². The average Bonchev–Trinajstić information content (AvgIpc) is 2.89. The fraction of sp³-hybridized carbons (Fsp3) is 0.129. The molecule has 0 aliphatic carbocycles. The van der Waals surface area contributed by atoms with Crippen molar-refractivity contribution < 1.29 is 24.2 Å². The molecular formula is C31H28N4O5. The first kappa shape index (κ1) is 27.7. The molecule has 0 bridgehead atoms. The van der Waals surface area contributed by atoms with E-state index in [4.69, 9.17) is 9.47 Å². The number of nitrogens with one attached hydrogen (secondary N) is 1. The highest BCUT2D eigenvalue weighted by Gasteiger charge is 2.12. The minimum Gasteiger partial charge on any atom is -0.508 e. The van der Waals surface area contributed by atoms with Gasteiger partial charge in [0.25, 0.3) is 0 Å². The van der Waals surface area contributed by atoms with Crippen LogP contribution in [-0.2, 0) is 22.4 Å². The number of anilines is 2. The predicted molar refractivity (Wildman–Crippen MR) is 151 cm³/mol. The largest absolute Gasteiger partial charge is 0.508 e. The molecule has 4 aromatic rings. The molecule has 2 N–H and O–H groups in total. The van der Waals surface area contributed by atoms with Crippen LogP contribution in [0.15, 0.2) is 97.1 Å². The summed E-state index contributed by atoms with van der Waals surface area (Å²) in [7, 11) is 0. The van der Waals surface area contributed by atoms with Crippen molar-refractivity contribution >= 4 is 23.6 Å². The summed E-state index contributed by atoms with van der Waals surface area (Å²) in [5.41, 5.74) is 2.84. The lowest BCUT2D eigenvalue weighted by atomic mass is 10.1. The molecule has 202 valence electrons. The summed E-state index contributed by atoms with van der Waals surface area (Å²) in [6.45, 7) is 10.4. The molecular weight excluding hydrogens is 508 g/mol. The van der Waals surface area contributed by atoms with E-state index in [-0.39, 0.29) is 5.75 Å². The van der Waals surface area contributed by atoms with E-state index in [0.717, 1.165) is 11.1 Å². The molecule has 9 heteroatoms. The van der Waals surface area contributed by atoms with Crippen LogP contribution in [0.2, 0.25) is 0 Å². The number of nitrogens with zero attached hydrogens (tertiary/aromatic N) is 3. The van der Waals surface area contributed by atoms with Crippen molar-refractivity contribution in [2.24, 2.45) is 0 Å². The van der Waals surface area contributed by atoms with Gasteiger partial charge in [-0.1, -0.05) is 43.5 Å². The Hall–Kier alpha value is -5.31. The van der Waals surface area contributed by atoms with Crippen molar-refractivity contribution in [1.29, 1.82) is 0 Å². The van der Waals surface area contributed by atoms with Gasteiger partial charge in [-0.15, -0.1) is 0 Å². The molecule has 40 heavy (non-hydrogen) atoms. The fourth-order valence-corrected chi connectivity index (χ4v) is 3.59. The smallest absolute Gasteiger partial charge is 0.338 e. The summed E-state index contributed by atoms with van der Waals surface area (Å²) in [6.07, 6.45) is 0.665. The number of rotatable bonds is 10. The van der Waals surface area contributed by atoms with Gasteiger partial charge in [-0.05, 0) is 61.4 Å². The van der Waals surface area contributed by atoms with Crippen LogP contribution in [0.25, 0.3) is 0 Å². The summed E-state index contributed by atoms with van der Waals surface area (Å²) >= 11 is 0. The standard InChI is InChI=1S/C31H28N4O5/c1-19(2)29(37)39-25-12-5-8-21(14-25)16-27-33-28(35-31(34-27)32-23-10-7-11-24(36)18-23)17-22-9-6-13-26(15-22)40-30(38)20(3)4/h5-15,18,36H,1,3,16-17H2,2,4H3,(H,32,33,34,35). The third kappa shape index (κ3) is 7.84. The fourth-order valence-electron chi connectivity index (χ4n) is 3.59. The molecule has 1 heterocycles. The maximum atomic E-state index is 11.9. The van der Waals surface area contributed by atoms with Gasteiger partial charge in [0, 0.05) is 35.7 Å². The highest BCUT2D eigenvalue weighted by molar-refractivity contribution is 5.89. The lowest BCUT2D eigenvalue weighted by Gasteiger charge is -2.11. The topological polar surface area (TPSA) is 124 Å². The van der Waals surface area contributed by atoms with Crippen LogP contribution in [0, 0.1) is 0 Å². The van der Waals surface area contributed by atoms with Gasteiger partial charge in [0.05, 0.1) is 0 Å². The van der Waals surface area contributed by atoms with Gasteiger partial charge < -0.3 is 19.9 Å². The van der Waals surface area contributed by atoms with Gasteiger partial charge >= 0.3 is 11.9 Å². The molecule has 0 saturated carbocycles. The Labute approximate surface area is 231 Å². The van der Waals surface area contributed by atoms with E-state index < -0.39 is 11.9 Å². The van der Waals surface area contributed by atoms with Crippen molar-refractivity contribution in [2.45, 2.75) is 26.7 Å². The molecule has 1 aromatic heterocycles. The summed E-state index contributed by atoms with van der Waals surface area (Å²) in [6, 6.07) is 20.8. The first-order chi connectivity index (χ1) is 19.1. The number of esters is 2. The predicted octanol–water partition coefficient (Wildman–Crippen LogP) is 5.47. The Kier molecular flexibility index (Phi) is 8.65. The lowest BCUT2D eigenvalue weighted by molar-refractivity contribution is -0.130. The Morgan fingerprint density at radius 3 is 1.73 bits per heavy atom. The summed E-state index contributed by atoms with van der Waals surface area (Å²) < 4.78 is 10.7. The normalized spacial score (nSPS) is 10.4. The minimum absolute atomic E-state index is 0.0988. The van der Waals surface area contributed by atoms with Gasteiger partial charge in [0.1, 0.15) is 28.9 Å². The van der Waals surface area contributed by atoms with E-state index in [9.17, 15) is 14.7 Å². The van der Waals surface area contributed by atoms with Gasteiger partial charge in [0.2, 0.25) is 5.95 Å². The maximum Gasteiger partial charge on any atom is 0.338 e. The van der Waals surface area contributed by atoms with Crippen LogP contribution in [0.4, 0.5) is 11.6 Å². The Morgan fingerprint density at radius 1 is 0.750 bits per heavy atom. The number of aromatic nitrogens is 3. The second-order valence-electron chi connectivity index (χ2n) is 9.15. The molecule has 0 unspecified atom stereocenters. The Balaban J connectivity index is 1.63. The lowest BCUT2D eigenvalue weighted by Crippen LogP contribution is -2.10. The van der Waals surface area contributed by atoms with Crippen molar-refractivity contribution in [3.63, 3.8) is 0 Å². The number of ether oxygens (including phenoxy) is 2.